The second kappa shape index (κ2) is 4.11. The van der Waals surface area contributed by atoms with Crippen LogP contribution in [0.3, 0.4) is 0 Å². The molecule has 3 heteroatoms. The minimum Gasteiger partial charge on any atom is -0.497 e. The van der Waals surface area contributed by atoms with E-state index in [2.05, 4.69) is 27.5 Å². The molecule has 0 unspecified atom stereocenters. The first-order valence-corrected chi connectivity index (χ1v) is 5.50. The van der Waals surface area contributed by atoms with E-state index in [1.54, 1.807) is 7.11 Å². The highest BCUT2D eigenvalue weighted by molar-refractivity contribution is 9.10. The van der Waals surface area contributed by atoms with Gasteiger partial charge in [0.25, 0.3) is 0 Å². The Morgan fingerprint density at radius 1 is 1.53 bits per heavy atom. The van der Waals surface area contributed by atoms with Crippen LogP contribution in [-0.4, -0.2) is 12.1 Å². The van der Waals surface area contributed by atoms with Gasteiger partial charge in [-0.1, -0.05) is 6.08 Å². The van der Waals surface area contributed by atoms with Gasteiger partial charge in [0.2, 0.25) is 0 Å². The summed E-state index contributed by atoms with van der Waals surface area (Å²) in [4.78, 5) is 3.23. The van der Waals surface area contributed by atoms with Gasteiger partial charge in [-0.2, -0.15) is 0 Å². The molecule has 78 valence electrons. The second-order valence-electron chi connectivity index (χ2n) is 3.34. The highest BCUT2D eigenvalue weighted by atomic mass is 79.9. The number of rotatable bonds is 3. The molecule has 0 saturated carbocycles. The zero-order chi connectivity index (χ0) is 10.8. The van der Waals surface area contributed by atoms with E-state index in [0.29, 0.717) is 0 Å². The Bertz CT molecular complexity index is 502. The van der Waals surface area contributed by atoms with Gasteiger partial charge in [-0.15, -0.1) is 6.58 Å². The molecule has 0 radical (unpaired) electrons. The summed E-state index contributed by atoms with van der Waals surface area (Å²) >= 11 is 3.55. The summed E-state index contributed by atoms with van der Waals surface area (Å²) in [5, 5.41) is 1.20. The van der Waals surface area contributed by atoms with E-state index < -0.39 is 0 Å². The molecule has 2 aromatic rings. The fourth-order valence-electron chi connectivity index (χ4n) is 1.69. The van der Waals surface area contributed by atoms with E-state index in [0.717, 1.165) is 22.2 Å². The first kappa shape index (κ1) is 10.3. The van der Waals surface area contributed by atoms with Crippen molar-refractivity contribution in [1.82, 2.24) is 4.98 Å². The van der Waals surface area contributed by atoms with Gasteiger partial charge in [0.15, 0.2) is 0 Å². The number of benzene rings is 1. The molecule has 0 saturated heterocycles. The molecule has 1 aromatic carbocycles. The summed E-state index contributed by atoms with van der Waals surface area (Å²) in [5.41, 5.74) is 2.33. The molecular weight excluding hydrogens is 254 g/mol. The van der Waals surface area contributed by atoms with E-state index in [-0.39, 0.29) is 0 Å². The lowest BCUT2D eigenvalue weighted by atomic mass is 10.1. The van der Waals surface area contributed by atoms with Crippen molar-refractivity contribution >= 4 is 26.8 Å². The fraction of sp³-hybridized carbons (Fsp3) is 0.167. The van der Waals surface area contributed by atoms with Crippen LogP contribution in [0.4, 0.5) is 0 Å². The number of methoxy groups -OCH3 is 1. The van der Waals surface area contributed by atoms with Crippen molar-refractivity contribution in [3.63, 3.8) is 0 Å². The largest absolute Gasteiger partial charge is 0.497 e. The lowest BCUT2D eigenvalue weighted by Gasteiger charge is -2.03. The molecule has 0 aliphatic carbocycles. The van der Waals surface area contributed by atoms with Crippen LogP contribution in [0.15, 0.2) is 35.5 Å². The molecule has 2 rings (SSSR count). The Morgan fingerprint density at radius 3 is 3.00 bits per heavy atom. The molecule has 0 fully saturated rings. The average molecular weight is 266 g/mol. The molecule has 0 amide bonds. The maximum atomic E-state index is 5.20. The first-order chi connectivity index (χ1) is 7.26. The Kier molecular flexibility index (Phi) is 2.82. The molecule has 15 heavy (non-hydrogen) atoms. The monoisotopic (exact) mass is 265 g/mol. The number of nitrogens with one attached hydrogen (secondary N) is 1. The van der Waals surface area contributed by atoms with Crippen LogP contribution in [0.5, 0.6) is 5.75 Å². The van der Waals surface area contributed by atoms with Gasteiger partial charge in [-0.05, 0) is 34.0 Å². The summed E-state index contributed by atoms with van der Waals surface area (Å²) in [6.45, 7) is 3.75. The van der Waals surface area contributed by atoms with E-state index in [1.165, 1.54) is 10.9 Å². The first-order valence-electron chi connectivity index (χ1n) is 4.70. The lowest BCUT2D eigenvalue weighted by Crippen LogP contribution is -1.84. The molecule has 2 nitrogen and oxygen atoms in total. The van der Waals surface area contributed by atoms with E-state index >= 15 is 0 Å². The molecule has 0 aliphatic rings. The van der Waals surface area contributed by atoms with Gasteiger partial charge < -0.3 is 9.72 Å². The van der Waals surface area contributed by atoms with Crippen molar-refractivity contribution in [2.75, 3.05) is 7.11 Å². The van der Waals surface area contributed by atoms with E-state index in [4.69, 9.17) is 4.74 Å². The van der Waals surface area contributed by atoms with Crippen molar-refractivity contribution < 1.29 is 4.74 Å². The lowest BCUT2D eigenvalue weighted by molar-refractivity contribution is 0.415. The Hall–Kier alpha value is -1.22. The minimum atomic E-state index is 0.848. The molecule has 1 aromatic heterocycles. The van der Waals surface area contributed by atoms with Crippen LogP contribution in [0.2, 0.25) is 0 Å². The van der Waals surface area contributed by atoms with Gasteiger partial charge in [0, 0.05) is 22.1 Å². The third-order valence-corrected chi connectivity index (χ3v) is 3.01. The predicted molar refractivity (Wildman–Crippen MR) is 66.5 cm³/mol. The Balaban J connectivity index is 2.65. The summed E-state index contributed by atoms with van der Waals surface area (Å²) < 4.78 is 6.25. The standard InChI is InChI=1S/C12H12BrNO/c1-3-4-8-7-14-11-6-9(15-2)5-10(13)12(8)11/h3,5-7,14H,1,4H2,2H3. The SMILES string of the molecule is C=CCc1c[nH]c2cc(OC)cc(Br)c12. The third-order valence-electron chi connectivity index (χ3n) is 2.39. The highest BCUT2D eigenvalue weighted by Crippen LogP contribution is 2.31. The smallest absolute Gasteiger partial charge is 0.122 e. The average Bonchev–Trinajstić information content (AvgIpc) is 2.62. The molecule has 0 spiro atoms. The summed E-state index contributed by atoms with van der Waals surface area (Å²) in [6, 6.07) is 3.97. The fourth-order valence-corrected chi connectivity index (χ4v) is 2.39. The quantitative estimate of drug-likeness (QED) is 0.842. The second-order valence-corrected chi connectivity index (χ2v) is 4.19. The number of fused-ring (bicyclic) bond motifs is 1. The zero-order valence-corrected chi connectivity index (χ0v) is 10.1. The number of aromatic amines is 1. The van der Waals surface area contributed by atoms with Crippen LogP contribution >= 0.6 is 15.9 Å². The van der Waals surface area contributed by atoms with Crippen LogP contribution in [0.25, 0.3) is 10.9 Å². The van der Waals surface area contributed by atoms with Gasteiger partial charge in [0.05, 0.1) is 12.6 Å². The van der Waals surface area contributed by atoms with Crippen LogP contribution in [0, 0.1) is 0 Å². The summed E-state index contributed by atoms with van der Waals surface area (Å²) in [7, 11) is 1.67. The number of allylic oxidation sites excluding steroid dienone is 1. The van der Waals surface area contributed by atoms with Gasteiger partial charge in [0.1, 0.15) is 5.75 Å². The maximum Gasteiger partial charge on any atom is 0.122 e. The van der Waals surface area contributed by atoms with Crippen molar-refractivity contribution in [2.24, 2.45) is 0 Å². The molecule has 1 heterocycles. The molecule has 0 atom stereocenters. The number of halogens is 1. The number of H-pyrrole nitrogens is 1. The van der Waals surface area contributed by atoms with Gasteiger partial charge in [-0.25, -0.2) is 0 Å². The topological polar surface area (TPSA) is 25.0 Å². The minimum absolute atomic E-state index is 0.848. The van der Waals surface area contributed by atoms with Crippen molar-refractivity contribution in [3.8, 4) is 5.75 Å². The van der Waals surface area contributed by atoms with Crippen molar-refractivity contribution in [2.45, 2.75) is 6.42 Å². The molecule has 1 N–H and O–H groups in total. The van der Waals surface area contributed by atoms with Crippen LogP contribution in [0.1, 0.15) is 5.56 Å². The molecular formula is C12H12BrNO. The Morgan fingerprint density at radius 2 is 2.33 bits per heavy atom. The third kappa shape index (κ3) is 1.79. The highest BCUT2D eigenvalue weighted by Gasteiger charge is 2.08. The zero-order valence-electron chi connectivity index (χ0n) is 8.51. The number of aromatic nitrogens is 1. The Labute approximate surface area is 97.1 Å². The number of hydrogen-bond donors (Lipinski definition) is 1. The van der Waals surface area contributed by atoms with Crippen molar-refractivity contribution in [3.05, 3.63) is 41.0 Å². The van der Waals surface area contributed by atoms with Crippen molar-refractivity contribution in [1.29, 1.82) is 0 Å². The number of hydrogen-bond acceptors (Lipinski definition) is 1. The van der Waals surface area contributed by atoms with Gasteiger partial charge >= 0.3 is 0 Å². The maximum absolute atomic E-state index is 5.20. The summed E-state index contributed by atoms with van der Waals surface area (Å²) in [5.74, 6) is 0.848. The van der Waals surface area contributed by atoms with E-state index in [1.807, 2.05) is 24.4 Å². The van der Waals surface area contributed by atoms with Crippen LogP contribution < -0.4 is 4.74 Å². The van der Waals surface area contributed by atoms with Crippen LogP contribution in [-0.2, 0) is 6.42 Å². The normalized spacial score (nSPS) is 10.5. The number of ether oxygens (including phenoxy) is 1. The molecule has 0 bridgehead atoms. The molecule has 0 aliphatic heterocycles. The van der Waals surface area contributed by atoms with Gasteiger partial charge in [-0.3, -0.25) is 0 Å². The van der Waals surface area contributed by atoms with E-state index in [9.17, 15) is 0 Å². The summed E-state index contributed by atoms with van der Waals surface area (Å²) in [6.07, 6.45) is 4.78. The predicted octanol–water partition coefficient (Wildman–Crippen LogP) is 3.67.